The number of aromatic nitrogens is 5. The molecular formula is C20H18N6O. The molecule has 0 aliphatic rings. The van der Waals surface area contributed by atoms with E-state index in [2.05, 4.69) is 25.6 Å². The first kappa shape index (κ1) is 16.8. The topological polar surface area (TPSA) is 85.1 Å². The van der Waals surface area contributed by atoms with E-state index in [1.54, 1.807) is 16.9 Å². The van der Waals surface area contributed by atoms with Gasteiger partial charge in [0.1, 0.15) is 0 Å². The molecule has 0 saturated carbocycles. The molecule has 7 heteroatoms. The lowest BCUT2D eigenvalue weighted by atomic mass is 10.1. The summed E-state index contributed by atoms with van der Waals surface area (Å²) in [5.41, 5.74) is 3.92. The minimum Gasteiger partial charge on any atom is -0.326 e. The Hall–Kier alpha value is -3.61. The second-order valence-corrected chi connectivity index (χ2v) is 6.13. The van der Waals surface area contributed by atoms with E-state index in [9.17, 15) is 4.79 Å². The molecular weight excluding hydrogens is 340 g/mol. The number of nitrogens with zero attached hydrogens (tertiary/aromatic N) is 5. The van der Waals surface area contributed by atoms with Crippen LogP contribution in [0.25, 0.3) is 28.3 Å². The van der Waals surface area contributed by atoms with Gasteiger partial charge in [0.2, 0.25) is 5.91 Å². The minimum atomic E-state index is 0.00994. The Balaban J connectivity index is 1.71. The Kier molecular flexibility index (Phi) is 4.57. The molecule has 7 nitrogen and oxygen atoms in total. The number of fused-ring (bicyclic) bond motifs is 1. The normalized spacial score (nSPS) is 10.9. The summed E-state index contributed by atoms with van der Waals surface area (Å²) in [6, 6.07) is 15.2. The van der Waals surface area contributed by atoms with Gasteiger partial charge in [-0.05, 0) is 42.8 Å². The Morgan fingerprint density at radius 3 is 2.78 bits per heavy atom. The van der Waals surface area contributed by atoms with Gasteiger partial charge in [0.05, 0.1) is 5.69 Å². The zero-order chi connectivity index (χ0) is 18.6. The van der Waals surface area contributed by atoms with Gasteiger partial charge in [-0.1, -0.05) is 19.1 Å². The zero-order valence-electron chi connectivity index (χ0n) is 14.8. The predicted octanol–water partition coefficient (Wildman–Crippen LogP) is 3.59. The van der Waals surface area contributed by atoms with Crippen LogP contribution in [0.1, 0.15) is 19.8 Å². The molecule has 4 aromatic rings. The lowest BCUT2D eigenvalue weighted by Crippen LogP contribution is -2.10. The largest absolute Gasteiger partial charge is 0.326 e. The Labute approximate surface area is 156 Å². The molecule has 0 atom stereocenters. The third-order valence-corrected chi connectivity index (χ3v) is 4.10. The standard InChI is InChI=1S/C20H18N6O/c1-2-5-19(27)22-16-8-3-6-14(12-16)17-9-10-18-23-24-20(26(18)25-17)15-7-4-11-21-13-15/h3-4,6-13H,2,5H2,1H3,(H,22,27). The summed E-state index contributed by atoms with van der Waals surface area (Å²) in [5, 5.41) is 16.0. The van der Waals surface area contributed by atoms with Crippen LogP contribution in [0.2, 0.25) is 0 Å². The predicted molar refractivity (Wildman–Crippen MR) is 103 cm³/mol. The number of carbonyl (C=O) groups is 1. The van der Waals surface area contributed by atoms with E-state index < -0.39 is 0 Å². The number of benzene rings is 1. The Bertz CT molecular complexity index is 1090. The van der Waals surface area contributed by atoms with Crippen LogP contribution < -0.4 is 5.32 Å². The first-order valence-electron chi connectivity index (χ1n) is 8.78. The van der Waals surface area contributed by atoms with Crippen molar-refractivity contribution in [3.63, 3.8) is 0 Å². The highest BCUT2D eigenvalue weighted by molar-refractivity contribution is 5.91. The third-order valence-electron chi connectivity index (χ3n) is 4.10. The van der Waals surface area contributed by atoms with E-state index in [1.165, 1.54) is 0 Å². The van der Waals surface area contributed by atoms with Crippen molar-refractivity contribution < 1.29 is 4.79 Å². The SMILES string of the molecule is CCCC(=O)Nc1cccc(-c2ccc3nnc(-c4cccnc4)n3n2)c1. The number of carbonyl (C=O) groups excluding carboxylic acids is 1. The van der Waals surface area contributed by atoms with Gasteiger partial charge in [0.25, 0.3) is 0 Å². The number of hydrogen-bond donors (Lipinski definition) is 1. The molecule has 0 saturated heterocycles. The van der Waals surface area contributed by atoms with Gasteiger partial charge in [-0.25, -0.2) is 0 Å². The van der Waals surface area contributed by atoms with Crippen LogP contribution in [0, 0.1) is 0 Å². The summed E-state index contributed by atoms with van der Waals surface area (Å²) in [6.07, 6.45) is 4.76. The van der Waals surface area contributed by atoms with Crippen LogP contribution >= 0.6 is 0 Å². The van der Waals surface area contributed by atoms with Crippen molar-refractivity contribution in [2.45, 2.75) is 19.8 Å². The van der Waals surface area contributed by atoms with Crippen molar-refractivity contribution >= 4 is 17.2 Å². The number of hydrogen-bond acceptors (Lipinski definition) is 5. The molecule has 27 heavy (non-hydrogen) atoms. The Morgan fingerprint density at radius 2 is 1.96 bits per heavy atom. The first-order chi connectivity index (χ1) is 13.2. The molecule has 0 spiro atoms. The number of amides is 1. The molecule has 1 aromatic carbocycles. The van der Waals surface area contributed by atoms with Gasteiger partial charge in [-0.15, -0.1) is 10.2 Å². The first-order valence-corrected chi connectivity index (χ1v) is 8.78. The molecule has 1 N–H and O–H groups in total. The Morgan fingerprint density at radius 1 is 1.07 bits per heavy atom. The van der Waals surface area contributed by atoms with Gasteiger partial charge in [0, 0.05) is 35.6 Å². The third kappa shape index (κ3) is 3.52. The number of anilines is 1. The minimum absolute atomic E-state index is 0.00994. The van der Waals surface area contributed by atoms with Crippen molar-refractivity contribution in [3.8, 4) is 22.6 Å². The molecule has 0 aliphatic heterocycles. The number of nitrogens with one attached hydrogen (secondary N) is 1. The van der Waals surface area contributed by atoms with E-state index in [0.717, 1.165) is 28.9 Å². The van der Waals surface area contributed by atoms with E-state index in [-0.39, 0.29) is 5.91 Å². The highest BCUT2D eigenvalue weighted by atomic mass is 16.1. The summed E-state index contributed by atoms with van der Waals surface area (Å²) in [6.45, 7) is 1.98. The van der Waals surface area contributed by atoms with Crippen molar-refractivity contribution in [1.82, 2.24) is 24.8 Å². The highest BCUT2D eigenvalue weighted by Gasteiger charge is 2.11. The molecule has 0 radical (unpaired) electrons. The maximum Gasteiger partial charge on any atom is 0.224 e. The van der Waals surface area contributed by atoms with Crippen molar-refractivity contribution in [1.29, 1.82) is 0 Å². The molecule has 0 fully saturated rings. The summed E-state index contributed by atoms with van der Waals surface area (Å²) in [5.74, 6) is 0.642. The van der Waals surface area contributed by atoms with Crippen LogP contribution in [0.15, 0.2) is 60.9 Å². The van der Waals surface area contributed by atoms with Crippen LogP contribution in [0.3, 0.4) is 0 Å². The highest BCUT2D eigenvalue weighted by Crippen LogP contribution is 2.23. The quantitative estimate of drug-likeness (QED) is 0.589. The number of rotatable bonds is 5. The smallest absolute Gasteiger partial charge is 0.224 e. The van der Waals surface area contributed by atoms with Crippen LogP contribution in [0.5, 0.6) is 0 Å². The lowest BCUT2D eigenvalue weighted by molar-refractivity contribution is -0.116. The van der Waals surface area contributed by atoms with Gasteiger partial charge < -0.3 is 5.32 Å². The molecule has 134 valence electrons. The van der Waals surface area contributed by atoms with E-state index in [4.69, 9.17) is 0 Å². The molecule has 3 aromatic heterocycles. The molecule has 0 bridgehead atoms. The van der Waals surface area contributed by atoms with Gasteiger partial charge in [-0.2, -0.15) is 9.61 Å². The molecule has 0 unspecified atom stereocenters. The summed E-state index contributed by atoms with van der Waals surface area (Å²) in [7, 11) is 0. The molecule has 3 heterocycles. The van der Waals surface area contributed by atoms with Crippen LogP contribution in [0.4, 0.5) is 5.69 Å². The maximum atomic E-state index is 11.8. The molecule has 1 amide bonds. The average molecular weight is 358 g/mol. The molecule has 0 aliphatic carbocycles. The summed E-state index contributed by atoms with van der Waals surface area (Å²) < 4.78 is 1.70. The molecule has 4 rings (SSSR count). The summed E-state index contributed by atoms with van der Waals surface area (Å²) in [4.78, 5) is 16.0. The fraction of sp³-hybridized carbons (Fsp3) is 0.150. The van der Waals surface area contributed by atoms with Crippen molar-refractivity contribution in [3.05, 3.63) is 60.9 Å². The van der Waals surface area contributed by atoms with E-state index >= 15 is 0 Å². The van der Waals surface area contributed by atoms with Crippen molar-refractivity contribution in [2.75, 3.05) is 5.32 Å². The van der Waals surface area contributed by atoms with E-state index in [1.807, 2.05) is 55.5 Å². The van der Waals surface area contributed by atoms with Crippen LogP contribution in [-0.2, 0) is 4.79 Å². The zero-order valence-corrected chi connectivity index (χ0v) is 14.8. The van der Waals surface area contributed by atoms with E-state index in [0.29, 0.717) is 17.9 Å². The monoisotopic (exact) mass is 358 g/mol. The average Bonchev–Trinajstić information content (AvgIpc) is 3.12. The number of pyridine rings is 1. The fourth-order valence-electron chi connectivity index (χ4n) is 2.82. The van der Waals surface area contributed by atoms with Gasteiger partial charge >= 0.3 is 0 Å². The van der Waals surface area contributed by atoms with Crippen LogP contribution in [-0.4, -0.2) is 30.7 Å². The fourth-order valence-corrected chi connectivity index (χ4v) is 2.82. The van der Waals surface area contributed by atoms with Crippen molar-refractivity contribution in [2.24, 2.45) is 0 Å². The van der Waals surface area contributed by atoms with Gasteiger partial charge in [-0.3, -0.25) is 9.78 Å². The summed E-state index contributed by atoms with van der Waals surface area (Å²) >= 11 is 0. The lowest BCUT2D eigenvalue weighted by Gasteiger charge is -2.07. The second kappa shape index (κ2) is 7.33. The van der Waals surface area contributed by atoms with Gasteiger partial charge in [0.15, 0.2) is 11.5 Å². The second-order valence-electron chi connectivity index (χ2n) is 6.13. The maximum absolute atomic E-state index is 11.8.